The maximum absolute atomic E-state index is 5.10. The number of thiazole rings is 1. The summed E-state index contributed by atoms with van der Waals surface area (Å²) in [5.41, 5.74) is 0. The molecule has 0 bridgehead atoms. The van der Waals surface area contributed by atoms with Crippen LogP contribution in [0.15, 0.2) is 11.6 Å². The highest BCUT2D eigenvalue weighted by Crippen LogP contribution is 2.02. The number of hydrogen-bond acceptors (Lipinski definition) is 3. The Morgan fingerprint density at radius 1 is 1.64 bits per heavy atom. The second-order valence-electron chi connectivity index (χ2n) is 2.67. The van der Waals surface area contributed by atoms with Crippen molar-refractivity contribution in [3.05, 3.63) is 15.5 Å². The molecule has 0 atom stereocenters. The zero-order valence-corrected chi connectivity index (χ0v) is 8.41. The van der Waals surface area contributed by atoms with Crippen LogP contribution in [0.25, 0.3) is 0 Å². The fourth-order valence-corrected chi connectivity index (χ4v) is 1.69. The van der Waals surface area contributed by atoms with Gasteiger partial charge in [0.25, 0.3) is 0 Å². The first-order chi connectivity index (χ1) is 5.20. The lowest BCUT2D eigenvalue weighted by Gasteiger charge is -2.09. The van der Waals surface area contributed by atoms with E-state index in [9.17, 15) is 0 Å². The molecule has 0 aliphatic carbocycles. The number of hydrogen-bond donors (Lipinski definition) is 0. The average Bonchev–Trinajstić information content (AvgIpc) is 2.31. The molecular weight excluding hydrogens is 176 g/mol. The van der Waals surface area contributed by atoms with Gasteiger partial charge in [-0.2, -0.15) is 0 Å². The minimum Gasteiger partial charge on any atom is -0.329 e. The second-order valence-corrected chi connectivity index (χ2v) is 4.21. The molecule has 0 aliphatic rings. The third-order valence-electron chi connectivity index (χ3n) is 1.43. The van der Waals surface area contributed by atoms with E-state index in [4.69, 9.17) is 12.2 Å². The first-order valence-corrected chi connectivity index (χ1v) is 4.77. The highest BCUT2D eigenvalue weighted by Gasteiger charge is 1.93. The molecule has 1 aromatic heterocycles. The molecule has 0 saturated carbocycles. The summed E-state index contributed by atoms with van der Waals surface area (Å²) in [5, 5.41) is 2.03. The molecule has 0 radical (unpaired) electrons. The molecule has 0 aromatic carbocycles. The van der Waals surface area contributed by atoms with Gasteiger partial charge in [0.05, 0.1) is 0 Å². The van der Waals surface area contributed by atoms with Crippen molar-refractivity contribution >= 4 is 23.6 Å². The van der Waals surface area contributed by atoms with E-state index in [-0.39, 0.29) is 0 Å². The fraction of sp³-hybridized carbons (Fsp3) is 0.571. The van der Waals surface area contributed by atoms with Gasteiger partial charge in [-0.05, 0) is 26.3 Å². The van der Waals surface area contributed by atoms with Gasteiger partial charge in [0, 0.05) is 24.7 Å². The smallest absolute Gasteiger partial charge is 0.161 e. The Morgan fingerprint density at radius 2 is 2.36 bits per heavy atom. The number of aromatic nitrogens is 1. The third kappa shape index (κ3) is 2.73. The Balaban J connectivity index is 2.51. The van der Waals surface area contributed by atoms with Crippen molar-refractivity contribution < 1.29 is 0 Å². The molecule has 0 aliphatic heterocycles. The molecule has 1 aromatic rings. The first kappa shape index (κ1) is 8.90. The number of rotatable bonds is 3. The summed E-state index contributed by atoms with van der Waals surface area (Å²) in [5.74, 6) is 0. The van der Waals surface area contributed by atoms with Crippen molar-refractivity contribution in [2.75, 3.05) is 20.6 Å². The van der Waals surface area contributed by atoms with Crippen molar-refractivity contribution in [2.45, 2.75) is 6.54 Å². The molecular formula is C7H12N2S2. The van der Waals surface area contributed by atoms with Crippen molar-refractivity contribution in [2.24, 2.45) is 0 Å². The van der Waals surface area contributed by atoms with E-state index in [2.05, 4.69) is 23.6 Å². The summed E-state index contributed by atoms with van der Waals surface area (Å²) in [6.07, 6.45) is 2.04. The normalized spacial score (nSPS) is 10.8. The summed E-state index contributed by atoms with van der Waals surface area (Å²) in [7, 11) is 4.13. The molecule has 1 rings (SSSR count). The SMILES string of the molecule is CN(C)CCn1ccsc1=S. The van der Waals surface area contributed by atoms with E-state index >= 15 is 0 Å². The molecule has 0 fully saturated rings. The van der Waals surface area contributed by atoms with E-state index in [1.807, 2.05) is 11.6 Å². The molecule has 4 heteroatoms. The largest absolute Gasteiger partial charge is 0.329 e. The van der Waals surface area contributed by atoms with Crippen LogP contribution in [0.4, 0.5) is 0 Å². The van der Waals surface area contributed by atoms with Crippen LogP contribution in [0.2, 0.25) is 0 Å². The van der Waals surface area contributed by atoms with Gasteiger partial charge in [0.2, 0.25) is 0 Å². The van der Waals surface area contributed by atoms with Crippen LogP contribution < -0.4 is 0 Å². The van der Waals surface area contributed by atoms with Crippen LogP contribution in [-0.2, 0) is 6.54 Å². The van der Waals surface area contributed by atoms with Gasteiger partial charge in [0.1, 0.15) is 0 Å². The highest BCUT2D eigenvalue weighted by molar-refractivity contribution is 7.73. The standard InChI is InChI=1S/C7H12N2S2/c1-8(2)3-4-9-5-6-11-7(9)10/h5-6H,3-4H2,1-2H3. The van der Waals surface area contributed by atoms with Gasteiger partial charge < -0.3 is 9.47 Å². The molecule has 62 valence electrons. The molecule has 0 N–H and O–H groups in total. The number of nitrogens with zero attached hydrogens (tertiary/aromatic N) is 2. The maximum Gasteiger partial charge on any atom is 0.161 e. The quantitative estimate of drug-likeness (QED) is 0.669. The second kappa shape index (κ2) is 3.99. The Morgan fingerprint density at radius 3 is 2.82 bits per heavy atom. The lowest BCUT2D eigenvalue weighted by molar-refractivity contribution is 0.384. The van der Waals surface area contributed by atoms with Gasteiger partial charge in [-0.3, -0.25) is 0 Å². The van der Waals surface area contributed by atoms with Crippen LogP contribution in [0, 0.1) is 3.95 Å². The molecule has 1 heterocycles. The maximum atomic E-state index is 5.10. The minimum atomic E-state index is 0.965. The number of likely N-dealkylation sites (N-methyl/N-ethyl adjacent to an activating group) is 1. The highest BCUT2D eigenvalue weighted by atomic mass is 32.1. The van der Waals surface area contributed by atoms with Gasteiger partial charge >= 0.3 is 0 Å². The van der Waals surface area contributed by atoms with Crippen molar-refractivity contribution in [3.63, 3.8) is 0 Å². The van der Waals surface area contributed by atoms with Gasteiger partial charge in [-0.1, -0.05) is 0 Å². The predicted molar refractivity (Wildman–Crippen MR) is 51.7 cm³/mol. The molecule has 2 nitrogen and oxygen atoms in total. The summed E-state index contributed by atoms with van der Waals surface area (Å²) in [6.45, 7) is 2.04. The van der Waals surface area contributed by atoms with Crippen LogP contribution in [-0.4, -0.2) is 30.1 Å². The van der Waals surface area contributed by atoms with E-state index in [1.54, 1.807) is 11.3 Å². The van der Waals surface area contributed by atoms with Gasteiger partial charge in [-0.15, -0.1) is 11.3 Å². The summed E-state index contributed by atoms with van der Waals surface area (Å²) >= 11 is 6.72. The van der Waals surface area contributed by atoms with Gasteiger partial charge in [0.15, 0.2) is 3.95 Å². The predicted octanol–water partition coefficient (Wildman–Crippen LogP) is 1.84. The van der Waals surface area contributed by atoms with E-state index < -0.39 is 0 Å². The van der Waals surface area contributed by atoms with E-state index in [1.165, 1.54) is 0 Å². The van der Waals surface area contributed by atoms with E-state index in [0.29, 0.717) is 0 Å². The Bertz CT molecular complexity index is 261. The molecule has 0 amide bonds. The summed E-state index contributed by atoms with van der Waals surface area (Å²) in [4.78, 5) is 2.15. The molecule has 0 unspecified atom stereocenters. The zero-order chi connectivity index (χ0) is 8.27. The van der Waals surface area contributed by atoms with Crippen LogP contribution in [0.3, 0.4) is 0 Å². The van der Waals surface area contributed by atoms with Crippen molar-refractivity contribution in [3.8, 4) is 0 Å². The Kier molecular flexibility index (Phi) is 3.23. The van der Waals surface area contributed by atoms with Crippen LogP contribution in [0.5, 0.6) is 0 Å². The third-order valence-corrected chi connectivity index (χ3v) is 2.65. The topological polar surface area (TPSA) is 8.17 Å². The monoisotopic (exact) mass is 188 g/mol. The molecule has 0 spiro atoms. The van der Waals surface area contributed by atoms with E-state index in [0.717, 1.165) is 17.0 Å². The van der Waals surface area contributed by atoms with Crippen molar-refractivity contribution in [1.82, 2.24) is 9.47 Å². The Labute approximate surface area is 76.1 Å². The van der Waals surface area contributed by atoms with Crippen LogP contribution >= 0.6 is 23.6 Å². The summed E-state index contributed by atoms with van der Waals surface area (Å²) < 4.78 is 3.06. The fourth-order valence-electron chi connectivity index (χ4n) is 0.764. The first-order valence-electron chi connectivity index (χ1n) is 3.49. The molecule has 11 heavy (non-hydrogen) atoms. The Hall–Kier alpha value is -0.190. The van der Waals surface area contributed by atoms with Crippen LogP contribution in [0.1, 0.15) is 0 Å². The summed E-state index contributed by atoms with van der Waals surface area (Å²) in [6, 6.07) is 0. The average molecular weight is 188 g/mol. The van der Waals surface area contributed by atoms with Gasteiger partial charge in [-0.25, -0.2) is 0 Å². The minimum absolute atomic E-state index is 0.965. The lowest BCUT2D eigenvalue weighted by Crippen LogP contribution is -2.17. The lowest BCUT2D eigenvalue weighted by atomic mass is 10.6. The zero-order valence-electron chi connectivity index (χ0n) is 6.78. The van der Waals surface area contributed by atoms with Crippen molar-refractivity contribution in [1.29, 1.82) is 0 Å². The molecule has 0 saturated heterocycles.